The van der Waals surface area contributed by atoms with Crippen LogP contribution in [-0.2, 0) is 4.57 Å². The van der Waals surface area contributed by atoms with Crippen molar-refractivity contribution in [1.29, 1.82) is 0 Å². The third-order valence-electron chi connectivity index (χ3n) is 2.08. The smallest absolute Gasteiger partial charge is 0.0879 e. The molecule has 80 valence electrons. The highest BCUT2D eigenvalue weighted by Gasteiger charge is 2.19. The fourth-order valence-electron chi connectivity index (χ4n) is 1.46. The van der Waals surface area contributed by atoms with E-state index in [1.54, 1.807) is 0 Å². The van der Waals surface area contributed by atoms with Gasteiger partial charge in [0.1, 0.15) is 0 Å². The lowest BCUT2D eigenvalue weighted by molar-refractivity contribution is 0.293. The molecular weight excluding hydrogens is 187 g/mol. The van der Waals surface area contributed by atoms with E-state index in [0.717, 1.165) is 12.6 Å². The molecule has 0 aliphatic heterocycles. The second-order valence-corrected chi connectivity index (χ2v) is 6.84. The molecule has 0 aliphatic carbocycles. The molecule has 0 spiro atoms. The van der Waals surface area contributed by atoms with E-state index in [1.165, 1.54) is 0 Å². The summed E-state index contributed by atoms with van der Waals surface area (Å²) >= 11 is 0. The van der Waals surface area contributed by atoms with Crippen LogP contribution < -0.4 is 0 Å². The molecule has 3 nitrogen and oxygen atoms in total. The quantitative estimate of drug-likeness (QED) is 0.595. The maximum Gasteiger partial charge on any atom is 0.0879 e. The monoisotopic (exact) mass is 208 g/mol. The minimum absolute atomic E-state index is 0.118. The molecule has 0 saturated heterocycles. The number of aliphatic hydroxyl groups is 2. The Bertz CT molecular complexity index is 147. The summed E-state index contributed by atoms with van der Waals surface area (Å²) in [6, 6.07) is 0. The standard InChI is InChI=1S/C9H21O3P/c1-2-7-13(12,8-3-5-10)9-4-6-11/h10-11H,2-9H2,1H3. The Morgan fingerprint density at radius 3 is 1.77 bits per heavy atom. The summed E-state index contributed by atoms with van der Waals surface area (Å²) < 4.78 is 12.1. The van der Waals surface area contributed by atoms with Gasteiger partial charge < -0.3 is 14.8 Å². The lowest BCUT2D eigenvalue weighted by Gasteiger charge is -2.16. The molecule has 0 aromatic rings. The molecule has 0 aromatic heterocycles. The van der Waals surface area contributed by atoms with E-state index in [-0.39, 0.29) is 13.2 Å². The van der Waals surface area contributed by atoms with Crippen LogP contribution in [0.5, 0.6) is 0 Å². The zero-order valence-electron chi connectivity index (χ0n) is 8.41. The van der Waals surface area contributed by atoms with E-state index in [2.05, 4.69) is 0 Å². The predicted molar refractivity (Wildman–Crippen MR) is 55.9 cm³/mol. The molecule has 0 radical (unpaired) electrons. The van der Waals surface area contributed by atoms with Crippen LogP contribution in [0, 0.1) is 0 Å². The number of rotatable bonds is 8. The summed E-state index contributed by atoms with van der Waals surface area (Å²) in [7, 11) is -2.07. The van der Waals surface area contributed by atoms with Gasteiger partial charge in [-0.05, 0) is 19.3 Å². The van der Waals surface area contributed by atoms with Crippen molar-refractivity contribution in [1.82, 2.24) is 0 Å². The van der Waals surface area contributed by atoms with Crippen LogP contribution in [0.15, 0.2) is 0 Å². The van der Waals surface area contributed by atoms with Crippen molar-refractivity contribution in [3.05, 3.63) is 0 Å². The molecule has 0 heterocycles. The second-order valence-electron chi connectivity index (χ2n) is 3.38. The SMILES string of the molecule is CCCP(=O)(CCCO)CCCO. The molecule has 2 N–H and O–H groups in total. The molecule has 0 saturated carbocycles. The normalized spacial score (nSPS) is 11.9. The van der Waals surface area contributed by atoms with Crippen molar-refractivity contribution in [3.8, 4) is 0 Å². The molecule has 0 aliphatic rings. The van der Waals surface area contributed by atoms with Crippen molar-refractivity contribution in [2.45, 2.75) is 26.2 Å². The molecule has 0 amide bonds. The summed E-state index contributed by atoms with van der Waals surface area (Å²) in [6.07, 6.45) is 4.21. The van der Waals surface area contributed by atoms with Crippen LogP contribution in [0.3, 0.4) is 0 Å². The first-order chi connectivity index (χ1) is 6.18. The number of hydrogen-bond donors (Lipinski definition) is 2. The van der Waals surface area contributed by atoms with Crippen molar-refractivity contribution in [2.24, 2.45) is 0 Å². The Labute approximate surface area is 80.5 Å². The van der Waals surface area contributed by atoms with Crippen LogP contribution in [0.25, 0.3) is 0 Å². The first-order valence-electron chi connectivity index (χ1n) is 4.97. The van der Waals surface area contributed by atoms with E-state index < -0.39 is 7.14 Å². The fraction of sp³-hybridized carbons (Fsp3) is 1.00. The average molecular weight is 208 g/mol. The molecular formula is C9H21O3P. The minimum atomic E-state index is -2.07. The Hall–Kier alpha value is 0.150. The predicted octanol–water partition coefficient (Wildman–Crippen LogP) is 1.52. The fourth-order valence-corrected chi connectivity index (χ4v) is 4.38. The Balaban J connectivity index is 3.92. The lowest BCUT2D eigenvalue weighted by atomic mass is 10.5. The van der Waals surface area contributed by atoms with E-state index >= 15 is 0 Å². The van der Waals surface area contributed by atoms with Crippen molar-refractivity contribution in [2.75, 3.05) is 31.7 Å². The molecule has 0 rings (SSSR count). The number of aliphatic hydroxyl groups excluding tert-OH is 2. The summed E-state index contributed by atoms with van der Waals surface area (Å²) in [5, 5.41) is 17.3. The van der Waals surface area contributed by atoms with Gasteiger partial charge in [-0.15, -0.1) is 0 Å². The summed E-state index contributed by atoms with van der Waals surface area (Å²) in [6.45, 7) is 2.25. The minimum Gasteiger partial charge on any atom is -0.396 e. The molecule has 0 fully saturated rings. The van der Waals surface area contributed by atoms with Crippen molar-refractivity contribution < 1.29 is 14.8 Å². The molecule has 13 heavy (non-hydrogen) atoms. The van der Waals surface area contributed by atoms with Gasteiger partial charge >= 0.3 is 0 Å². The van der Waals surface area contributed by atoms with E-state index in [9.17, 15) is 4.57 Å². The van der Waals surface area contributed by atoms with Gasteiger partial charge in [0.2, 0.25) is 0 Å². The van der Waals surface area contributed by atoms with Crippen LogP contribution in [0.2, 0.25) is 0 Å². The zero-order chi connectivity index (χ0) is 10.2. The van der Waals surface area contributed by atoms with Crippen LogP contribution in [0.1, 0.15) is 26.2 Å². The van der Waals surface area contributed by atoms with Crippen LogP contribution in [-0.4, -0.2) is 41.9 Å². The van der Waals surface area contributed by atoms with Crippen LogP contribution >= 0.6 is 7.14 Å². The first kappa shape index (κ1) is 13.2. The summed E-state index contributed by atoms with van der Waals surface area (Å²) in [5.41, 5.74) is 0. The van der Waals surface area contributed by atoms with Gasteiger partial charge in [-0.3, -0.25) is 0 Å². The summed E-state index contributed by atoms with van der Waals surface area (Å²) in [5.74, 6) is 0. The van der Waals surface area contributed by atoms with E-state index in [4.69, 9.17) is 10.2 Å². The highest BCUT2D eigenvalue weighted by atomic mass is 31.2. The van der Waals surface area contributed by atoms with E-state index in [1.807, 2.05) is 6.92 Å². The molecule has 0 bridgehead atoms. The Kier molecular flexibility index (Phi) is 7.63. The average Bonchev–Trinajstić information content (AvgIpc) is 2.12. The highest BCUT2D eigenvalue weighted by molar-refractivity contribution is 7.63. The van der Waals surface area contributed by atoms with E-state index in [0.29, 0.717) is 25.2 Å². The van der Waals surface area contributed by atoms with Gasteiger partial charge in [-0.2, -0.15) is 0 Å². The maximum atomic E-state index is 12.1. The third-order valence-corrected chi connectivity index (χ3v) is 5.60. The summed E-state index contributed by atoms with van der Waals surface area (Å²) in [4.78, 5) is 0. The Morgan fingerprint density at radius 1 is 1.00 bits per heavy atom. The molecule has 0 unspecified atom stereocenters. The van der Waals surface area contributed by atoms with Gasteiger partial charge in [0.05, 0.1) is 7.14 Å². The topological polar surface area (TPSA) is 57.5 Å². The van der Waals surface area contributed by atoms with Gasteiger partial charge in [-0.25, -0.2) is 0 Å². The second kappa shape index (κ2) is 7.54. The lowest BCUT2D eigenvalue weighted by Crippen LogP contribution is -2.03. The van der Waals surface area contributed by atoms with Crippen molar-refractivity contribution >= 4 is 7.14 Å². The number of hydrogen-bond acceptors (Lipinski definition) is 3. The zero-order valence-corrected chi connectivity index (χ0v) is 9.30. The molecule has 4 heteroatoms. The third kappa shape index (κ3) is 6.25. The first-order valence-corrected chi connectivity index (χ1v) is 7.23. The molecule has 0 aromatic carbocycles. The van der Waals surface area contributed by atoms with Gasteiger partial charge in [0.25, 0.3) is 0 Å². The maximum absolute atomic E-state index is 12.1. The molecule has 0 atom stereocenters. The highest BCUT2D eigenvalue weighted by Crippen LogP contribution is 2.47. The van der Waals surface area contributed by atoms with Crippen LogP contribution in [0.4, 0.5) is 0 Å². The van der Waals surface area contributed by atoms with Gasteiger partial charge in [0, 0.05) is 31.7 Å². The van der Waals surface area contributed by atoms with Gasteiger partial charge in [-0.1, -0.05) is 6.92 Å². The van der Waals surface area contributed by atoms with Crippen molar-refractivity contribution in [3.63, 3.8) is 0 Å². The largest absolute Gasteiger partial charge is 0.396 e. The van der Waals surface area contributed by atoms with Gasteiger partial charge in [0.15, 0.2) is 0 Å². The Morgan fingerprint density at radius 2 is 1.46 bits per heavy atom.